The zero-order valence-electron chi connectivity index (χ0n) is 14.1. The summed E-state index contributed by atoms with van der Waals surface area (Å²) >= 11 is 1.23. The number of carbonyl (C=O) groups excluding carboxylic acids is 2. The van der Waals surface area contributed by atoms with Crippen molar-refractivity contribution in [3.05, 3.63) is 46.1 Å². The molecule has 2 rings (SSSR count). The monoisotopic (exact) mass is 386 g/mol. The highest BCUT2D eigenvalue weighted by Crippen LogP contribution is 2.29. The molecule has 1 aromatic carbocycles. The Morgan fingerprint density at radius 3 is 2.54 bits per heavy atom. The summed E-state index contributed by atoms with van der Waals surface area (Å²) in [7, 11) is 0. The zero-order chi connectivity index (χ0) is 19.3. The molecule has 0 radical (unpaired) electrons. The summed E-state index contributed by atoms with van der Waals surface area (Å²) in [6, 6.07) is 3.39. The highest BCUT2D eigenvalue weighted by Gasteiger charge is 2.19. The maximum absolute atomic E-state index is 13.6. The van der Waals surface area contributed by atoms with Crippen LogP contribution in [-0.2, 0) is 16.0 Å². The molecule has 0 saturated carbocycles. The number of anilines is 2. The smallest absolute Gasteiger partial charge is 0.341 e. The summed E-state index contributed by atoms with van der Waals surface area (Å²) < 4.78 is 44.6. The van der Waals surface area contributed by atoms with Crippen LogP contribution >= 0.6 is 11.3 Å². The van der Waals surface area contributed by atoms with Crippen LogP contribution in [-0.4, -0.2) is 25.0 Å². The van der Waals surface area contributed by atoms with Gasteiger partial charge in [-0.3, -0.25) is 4.79 Å². The molecular formula is C17H17F3N2O3S. The third-order valence-corrected chi connectivity index (χ3v) is 4.55. The van der Waals surface area contributed by atoms with Crippen molar-refractivity contribution in [2.24, 2.45) is 0 Å². The van der Waals surface area contributed by atoms with Crippen LogP contribution in [0, 0.1) is 17.5 Å². The lowest BCUT2D eigenvalue weighted by atomic mass is 10.2. The summed E-state index contributed by atoms with van der Waals surface area (Å²) in [6.07, 6.45) is 0.672. The van der Waals surface area contributed by atoms with Crippen molar-refractivity contribution >= 4 is 33.9 Å². The van der Waals surface area contributed by atoms with E-state index in [0.717, 1.165) is 17.0 Å². The minimum atomic E-state index is -1.62. The molecule has 0 bridgehead atoms. The average Bonchev–Trinajstić information content (AvgIpc) is 3.02. The molecule has 1 heterocycles. The highest BCUT2D eigenvalue weighted by molar-refractivity contribution is 7.16. The normalized spacial score (nSPS) is 10.5. The van der Waals surface area contributed by atoms with Crippen LogP contribution in [0.1, 0.15) is 29.1 Å². The first-order valence-corrected chi connectivity index (χ1v) is 8.66. The van der Waals surface area contributed by atoms with Gasteiger partial charge in [-0.05, 0) is 31.5 Å². The molecule has 1 amide bonds. The van der Waals surface area contributed by atoms with Gasteiger partial charge < -0.3 is 15.4 Å². The number of halogens is 3. The molecule has 1 aromatic heterocycles. The lowest BCUT2D eigenvalue weighted by molar-refractivity contribution is -0.114. The van der Waals surface area contributed by atoms with Crippen molar-refractivity contribution in [2.75, 3.05) is 23.8 Å². The Morgan fingerprint density at radius 2 is 1.88 bits per heavy atom. The third-order valence-electron chi connectivity index (χ3n) is 3.35. The van der Waals surface area contributed by atoms with E-state index < -0.39 is 35.9 Å². The van der Waals surface area contributed by atoms with Crippen molar-refractivity contribution in [1.82, 2.24) is 0 Å². The van der Waals surface area contributed by atoms with E-state index in [1.807, 2.05) is 6.92 Å². The number of thiophene rings is 1. The quantitative estimate of drug-likeness (QED) is 0.558. The lowest BCUT2D eigenvalue weighted by Crippen LogP contribution is -2.23. The van der Waals surface area contributed by atoms with Gasteiger partial charge in [0.25, 0.3) is 0 Å². The number of benzene rings is 1. The van der Waals surface area contributed by atoms with Crippen LogP contribution in [0.3, 0.4) is 0 Å². The Kier molecular flexibility index (Phi) is 6.62. The second-order valence-corrected chi connectivity index (χ2v) is 6.29. The number of hydrogen-bond acceptors (Lipinski definition) is 5. The van der Waals surface area contributed by atoms with E-state index in [-0.39, 0.29) is 17.9 Å². The van der Waals surface area contributed by atoms with Gasteiger partial charge in [-0.1, -0.05) is 6.92 Å². The van der Waals surface area contributed by atoms with E-state index in [9.17, 15) is 22.8 Å². The van der Waals surface area contributed by atoms with E-state index in [4.69, 9.17) is 4.74 Å². The summed E-state index contributed by atoms with van der Waals surface area (Å²) in [5.74, 6) is -5.48. The molecule has 2 N–H and O–H groups in total. The lowest BCUT2D eigenvalue weighted by Gasteiger charge is -2.09. The van der Waals surface area contributed by atoms with Gasteiger partial charge in [0.05, 0.1) is 24.4 Å². The second kappa shape index (κ2) is 8.70. The largest absolute Gasteiger partial charge is 0.462 e. The molecule has 0 atom stereocenters. The van der Waals surface area contributed by atoms with Crippen molar-refractivity contribution in [1.29, 1.82) is 0 Å². The van der Waals surface area contributed by atoms with E-state index in [1.54, 1.807) is 13.0 Å². The second-order valence-electron chi connectivity index (χ2n) is 5.15. The van der Waals surface area contributed by atoms with Crippen molar-refractivity contribution < 1.29 is 27.5 Å². The number of ether oxygens (including phenoxy) is 1. The average molecular weight is 386 g/mol. The molecule has 26 heavy (non-hydrogen) atoms. The van der Waals surface area contributed by atoms with Gasteiger partial charge in [-0.25, -0.2) is 18.0 Å². The van der Waals surface area contributed by atoms with Gasteiger partial charge in [-0.15, -0.1) is 11.3 Å². The Hall–Kier alpha value is -2.55. The fourth-order valence-electron chi connectivity index (χ4n) is 2.08. The van der Waals surface area contributed by atoms with Crippen LogP contribution in [0.4, 0.5) is 23.9 Å². The summed E-state index contributed by atoms with van der Waals surface area (Å²) in [4.78, 5) is 24.9. The molecular weight excluding hydrogens is 369 g/mol. The van der Waals surface area contributed by atoms with Crippen LogP contribution in [0.25, 0.3) is 0 Å². The highest BCUT2D eigenvalue weighted by atomic mass is 32.1. The molecule has 0 fully saturated rings. The molecule has 0 aliphatic rings. The van der Waals surface area contributed by atoms with E-state index in [1.165, 1.54) is 11.3 Å². The molecule has 140 valence electrons. The van der Waals surface area contributed by atoms with Gasteiger partial charge >= 0.3 is 5.97 Å². The number of hydrogen-bond donors (Lipinski definition) is 2. The first-order valence-electron chi connectivity index (χ1n) is 7.84. The van der Waals surface area contributed by atoms with E-state index in [2.05, 4.69) is 10.6 Å². The van der Waals surface area contributed by atoms with Gasteiger partial charge in [0.2, 0.25) is 5.91 Å². The zero-order valence-corrected chi connectivity index (χ0v) is 14.9. The molecule has 0 aliphatic heterocycles. The number of nitrogens with one attached hydrogen (secondary N) is 2. The maximum Gasteiger partial charge on any atom is 0.341 e. The van der Waals surface area contributed by atoms with E-state index >= 15 is 0 Å². The molecule has 5 nitrogen and oxygen atoms in total. The van der Waals surface area contributed by atoms with Crippen LogP contribution < -0.4 is 10.6 Å². The number of aryl methyl sites for hydroxylation is 1. The van der Waals surface area contributed by atoms with Crippen molar-refractivity contribution in [2.45, 2.75) is 20.3 Å². The minimum Gasteiger partial charge on any atom is -0.462 e. The van der Waals surface area contributed by atoms with Gasteiger partial charge in [0.15, 0.2) is 17.5 Å². The third kappa shape index (κ3) is 4.54. The van der Waals surface area contributed by atoms with Crippen LogP contribution in [0.5, 0.6) is 0 Å². The molecule has 0 saturated heterocycles. The predicted molar refractivity (Wildman–Crippen MR) is 93.1 cm³/mol. The SMILES string of the molecule is CCOC(=O)c1cc(CC)sc1NC(=O)CNc1ccc(F)c(F)c1F. The summed E-state index contributed by atoms with van der Waals surface area (Å²) in [5, 5.41) is 5.25. The predicted octanol–water partition coefficient (Wildman–Crippen LogP) is 3.96. The van der Waals surface area contributed by atoms with Crippen LogP contribution in [0.15, 0.2) is 18.2 Å². The Balaban J connectivity index is 2.07. The Morgan fingerprint density at radius 1 is 1.15 bits per heavy atom. The fourth-order valence-corrected chi connectivity index (χ4v) is 3.08. The Labute approximate surface area is 152 Å². The fraction of sp³-hybridized carbons (Fsp3) is 0.294. The van der Waals surface area contributed by atoms with E-state index in [0.29, 0.717) is 11.4 Å². The first kappa shape index (κ1) is 19.8. The topological polar surface area (TPSA) is 67.4 Å². The standard InChI is InChI=1S/C17H17F3N2O3S/c1-3-9-7-10(17(24)25-4-2)16(26-9)22-13(23)8-21-12-6-5-11(18)14(19)15(12)20/h5-7,21H,3-4,8H2,1-2H3,(H,22,23). The van der Waals surface area contributed by atoms with Crippen LogP contribution in [0.2, 0.25) is 0 Å². The van der Waals surface area contributed by atoms with Gasteiger partial charge in [0, 0.05) is 4.88 Å². The molecule has 9 heteroatoms. The molecule has 2 aromatic rings. The molecule has 0 spiro atoms. The number of amides is 1. The number of rotatable bonds is 7. The molecule has 0 unspecified atom stereocenters. The number of carbonyl (C=O) groups is 2. The minimum absolute atomic E-state index is 0.195. The molecule has 0 aliphatic carbocycles. The van der Waals surface area contributed by atoms with Crippen molar-refractivity contribution in [3.63, 3.8) is 0 Å². The number of esters is 1. The van der Waals surface area contributed by atoms with Gasteiger partial charge in [-0.2, -0.15) is 0 Å². The summed E-state index contributed by atoms with van der Waals surface area (Å²) in [6.45, 7) is 3.37. The Bertz CT molecular complexity index is 824. The summed E-state index contributed by atoms with van der Waals surface area (Å²) in [5.41, 5.74) is -0.105. The van der Waals surface area contributed by atoms with Gasteiger partial charge in [0.1, 0.15) is 5.00 Å². The maximum atomic E-state index is 13.6. The van der Waals surface area contributed by atoms with Crippen molar-refractivity contribution in [3.8, 4) is 0 Å². The first-order chi connectivity index (χ1) is 12.4.